The van der Waals surface area contributed by atoms with Crippen LogP contribution in [0.25, 0.3) is 25.5 Å². The van der Waals surface area contributed by atoms with Crippen molar-refractivity contribution in [3.8, 4) is 0 Å². The molecule has 0 aliphatic heterocycles. The van der Waals surface area contributed by atoms with Crippen molar-refractivity contribution in [3.63, 3.8) is 0 Å². The molecule has 5 rings (SSSR count). The number of rotatable bonds is 2. The lowest BCUT2D eigenvalue weighted by atomic mass is 10.3. The van der Waals surface area contributed by atoms with Gasteiger partial charge in [-0.2, -0.15) is 0 Å². The number of nitrogens with one attached hydrogen (secondary N) is 1. The number of fused-ring (bicyclic) bond motifs is 4. The molecule has 1 N–H and O–H groups in total. The SMILES string of the molecule is O=C(Nc1nc2cc(F)c(F)cc2s1)c1cc2c(nc3sccn32)s1. The number of hydrogen-bond donors (Lipinski definition) is 1. The van der Waals surface area contributed by atoms with Crippen molar-refractivity contribution < 1.29 is 13.6 Å². The van der Waals surface area contributed by atoms with Crippen LogP contribution in [0.4, 0.5) is 13.9 Å². The van der Waals surface area contributed by atoms with Gasteiger partial charge in [0, 0.05) is 17.6 Å². The van der Waals surface area contributed by atoms with Gasteiger partial charge in [-0.1, -0.05) is 11.3 Å². The quantitative estimate of drug-likeness (QED) is 0.472. The fourth-order valence-corrected chi connectivity index (χ4v) is 5.06. The molecule has 10 heteroatoms. The van der Waals surface area contributed by atoms with Gasteiger partial charge in [-0.25, -0.2) is 18.7 Å². The molecular weight excluding hydrogens is 386 g/mol. The molecule has 0 saturated heterocycles. The van der Waals surface area contributed by atoms with Crippen molar-refractivity contribution in [2.45, 2.75) is 0 Å². The molecule has 1 aromatic carbocycles. The number of halogens is 2. The van der Waals surface area contributed by atoms with Gasteiger partial charge in [0.15, 0.2) is 21.7 Å². The molecule has 1 amide bonds. The minimum absolute atomic E-state index is 0.291. The number of carbonyl (C=O) groups is 1. The summed E-state index contributed by atoms with van der Waals surface area (Å²) in [6, 6.07) is 3.87. The topological polar surface area (TPSA) is 59.3 Å². The summed E-state index contributed by atoms with van der Waals surface area (Å²) in [6.45, 7) is 0. The molecule has 124 valence electrons. The van der Waals surface area contributed by atoms with Gasteiger partial charge < -0.3 is 0 Å². The molecule has 5 aromatic rings. The molecule has 0 spiro atoms. The molecule has 25 heavy (non-hydrogen) atoms. The predicted molar refractivity (Wildman–Crippen MR) is 95.9 cm³/mol. The average molecular weight is 392 g/mol. The Labute approximate surface area is 150 Å². The number of amides is 1. The summed E-state index contributed by atoms with van der Waals surface area (Å²) in [4.78, 5) is 23.2. The molecule has 0 atom stereocenters. The predicted octanol–water partition coefficient (Wildman–Crippen LogP) is 4.75. The van der Waals surface area contributed by atoms with Gasteiger partial charge in [-0.05, 0) is 12.1 Å². The van der Waals surface area contributed by atoms with Crippen LogP contribution >= 0.6 is 34.0 Å². The van der Waals surface area contributed by atoms with Crippen LogP contribution in [0.2, 0.25) is 0 Å². The minimum atomic E-state index is -0.962. The summed E-state index contributed by atoms with van der Waals surface area (Å²) in [5.41, 5.74) is 1.18. The zero-order chi connectivity index (χ0) is 17.1. The Hall–Kier alpha value is -2.43. The Morgan fingerprint density at radius 3 is 2.84 bits per heavy atom. The zero-order valence-electron chi connectivity index (χ0n) is 12.1. The summed E-state index contributed by atoms with van der Waals surface area (Å²) in [5.74, 6) is -2.23. The number of benzene rings is 1. The first-order chi connectivity index (χ1) is 12.1. The van der Waals surface area contributed by atoms with E-state index < -0.39 is 11.6 Å². The molecular formula is C15H6F2N4OS3. The minimum Gasteiger partial charge on any atom is -0.297 e. The number of imidazole rings is 1. The number of carbonyl (C=O) groups excluding carboxylic acids is 1. The van der Waals surface area contributed by atoms with Gasteiger partial charge >= 0.3 is 0 Å². The van der Waals surface area contributed by atoms with Crippen LogP contribution in [-0.4, -0.2) is 20.3 Å². The van der Waals surface area contributed by atoms with E-state index in [9.17, 15) is 13.6 Å². The van der Waals surface area contributed by atoms with Crippen molar-refractivity contribution in [3.05, 3.63) is 46.3 Å². The van der Waals surface area contributed by atoms with E-state index in [4.69, 9.17) is 0 Å². The summed E-state index contributed by atoms with van der Waals surface area (Å²) in [5, 5.41) is 4.90. The van der Waals surface area contributed by atoms with Crippen molar-refractivity contribution >= 4 is 70.6 Å². The Balaban J connectivity index is 1.48. The van der Waals surface area contributed by atoms with E-state index in [1.54, 1.807) is 6.07 Å². The van der Waals surface area contributed by atoms with Gasteiger partial charge in [0.1, 0.15) is 4.83 Å². The van der Waals surface area contributed by atoms with Crippen LogP contribution in [0.15, 0.2) is 29.8 Å². The maximum Gasteiger partial charge on any atom is 0.267 e. The average Bonchev–Trinajstić information content (AvgIpc) is 3.28. The lowest BCUT2D eigenvalue weighted by molar-refractivity contribution is 0.103. The van der Waals surface area contributed by atoms with Crippen LogP contribution in [-0.2, 0) is 0 Å². The standard InChI is InChI=1S/C15H6F2N4OS3/c16-6-3-8-10(4-7(6)17)25-14(18-8)19-12(22)11-5-9-13(24-11)20-15-21(9)1-2-23-15/h1-5H,(H,18,19,22). The first-order valence-corrected chi connectivity index (χ1v) is 9.52. The van der Waals surface area contributed by atoms with E-state index in [1.807, 2.05) is 16.0 Å². The Kier molecular flexibility index (Phi) is 3.14. The Morgan fingerprint density at radius 1 is 1.12 bits per heavy atom. The molecule has 0 aliphatic rings. The van der Waals surface area contributed by atoms with E-state index in [1.165, 1.54) is 22.7 Å². The zero-order valence-corrected chi connectivity index (χ0v) is 14.6. The second-order valence-electron chi connectivity index (χ2n) is 5.18. The molecule has 4 heterocycles. The van der Waals surface area contributed by atoms with Crippen molar-refractivity contribution in [2.75, 3.05) is 5.32 Å². The highest BCUT2D eigenvalue weighted by Gasteiger charge is 2.17. The van der Waals surface area contributed by atoms with Crippen LogP contribution < -0.4 is 5.32 Å². The molecule has 0 saturated carbocycles. The second kappa shape index (κ2) is 5.28. The van der Waals surface area contributed by atoms with Crippen LogP contribution in [0.1, 0.15) is 9.67 Å². The summed E-state index contributed by atoms with van der Waals surface area (Å²) in [6.07, 6.45) is 1.90. The van der Waals surface area contributed by atoms with Gasteiger partial charge in [-0.15, -0.1) is 22.7 Å². The van der Waals surface area contributed by atoms with E-state index in [-0.39, 0.29) is 5.91 Å². The van der Waals surface area contributed by atoms with E-state index in [0.29, 0.717) is 20.2 Å². The molecule has 0 bridgehead atoms. The van der Waals surface area contributed by atoms with Gasteiger partial charge in [-0.3, -0.25) is 14.5 Å². The summed E-state index contributed by atoms with van der Waals surface area (Å²) >= 11 is 3.91. The third-order valence-electron chi connectivity index (χ3n) is 3.61. The highest BCUT2D eigenvalue weighted by atomic mass is 32.1. The first kappa shape index (κ1) is 14.9. The molecule has 4 aromatic heterocycles. The van der Waals surface area contributed by atoms with Gasteiger partial charge in [0.25, 0.3) is 5.91 Å². The van der Waals surface area contributed by atoms with Crippen LogP contribution in [0, 0.1) is 11.6 Å². The smallest absolute Gasteiger partial charge is 0.267 e. The highest BCUT2D eigenvalue weighted by molar-refractivity contribution is 7.23. The third-order valence-corrected chi connectivity index (χ3v) is 6.32. The fraction of sp³-hybridized carbons (Fsp3) is 0. The second-order valence-corrected chi connectivity index (χ2v) is 8.11. The maximum atomic E-state index is 13.3. The van der Waals surface area contributed by atoms with Gasteiger partial charge in [0.2, 0.25) is 0 Å². The number of thiophene rings is 1. The monoisotopic (exact) mass is 392 g/mol. The molecule has 0 radical (unpaired) electrons. The molecule has 0 unspecified atom stereocenters. The number of aromatic nitrogens is 3. The number of nitrogens with zero attached hydrogens (tertiary/aromatic N) is 3. The largest absolute Gasteiger partial charge is 0.297 e. The maximum absolute atomic E-state index is 13.3. The van der Waals surface area contributed by atoms with Gasteiger partial charge in [0.05, 0.1) is 20.6 Å². The Morgan fingerprint density at radius 2 is 1.96 bits per heavy atom. The molecule has 0 fully saturated rings. The van der Waals surface area contributed by atoms with Crippen LogP contribution in [0.5, 0.6) is 0 Å². The lowest BCUT2D eigenvalue weighted by Crippen LogP contribution is -2.09. The highest BCUT2D eigenvalue weighted by Crippen LogP contribution is 2.31. The number of thiazole rings is 2. The van der Waals surface area contributed by atoms with Crippen molar-refractivity contribution in [2.24, 2.45) is 0 Å². The van der Waals surface area contributed by atoms with Crippen molar-refractivity contribution in [1.82, 2.24) is 14.4 Å². The summed E-state index contributed by atoms with van der Waals surface area (Å²) in [7, 11) is 0. The fourth-order valence-electron chi connectivity index (χ4n) is 2.50. The summed E-state index contributed by atoms with van der Waals surface area (Å²) < 4.78 is 28.9. The normalized spacial score (nSPS) is 11.8. The first-order valence-electron chi connectivity index (χ1n) is 7.00. The number of anilines is 1. The Bertz CT molecular complexity index is 1240. The van der Waals surface area contributed by atoms with E-state index in [0.717, 1.165) is 38.8 Å². The molecule has 0 aliphatic carbocycles. The lowest BCUT2D eigenvalue weighted by Gasteiger charge is -1.97. The van der Waals surface area contributed by atoms with Crippen LogP contribution in [0.3, 0.4) is 0 Å². The number of hydrogen-bond acceptors (Lipinski definition) is 6. The van der Waals surface area contributed by atoms with E-state index in [2.05, 4.69) is 15.3 Å². The van der Waals surface area contributed by atoms with Crippen molar-refractivity contribution in [1.29, 1.82) is 0 Å². The third kappa shape index (κ3) is 2.33. The molecule has 5 nitrogen and oxygen atoms in total. The van der Waals surface area contributed by atoms with E-state index >= 15 is 0 Å².